The summed E-state index contributed by atoms with van der Waals surface area (Å²) in [6.45, 7) is 3.71. The zero-order valence-electron chi connectivity index (χ0n) is 13.8. The molecule has 1 aromatic carbocycles. The molecule has 0 amide bonds. The molecule has 1 unspecified atom stereocenters. The molecule has 0 bridgehead atoms. The third-order valence-corrected chi connectivity index (χ3v) is 3.79. The Labute approximate surface area is 136 Å². The van der Waals surface area contributed by atoms with Gasteiger partial charge in [0.15, 0.2) is 0 Å². The molecule has 0 radical (unpaired) electrons. The lowest BCUT2D eigenvalue weighted by Crippen LogP contribution is -2.45. The van der Waals surface area contributed by atoms with Crippen LogP contribution >= 0.6 is 0 Å². The van der Waals surface area contributed by atoms with Crippen molar-refractivity contribution < 1.29 is 24.1 Å². The average Bonchev–Trinajstić information content (AvgIpc) is 2.54. The first-order valence-electron chi connectivity index (χ1n) is 7.44. The second kappa shape index (κ2) is 6.87. The molecule has 0 heterocycles. The lowest BCUT2D eigenvalue weighted by molar-refractivity contribution is -0.162. The Hall–Kier alpha value is -2.27. The summed E-state index contributed by atoms with van der Waals surface area (Å²) in [4.78, 5) is 11.9. The largest absolute Gasteiger partial charge is 0.497 e. The van der Waals surface area contributed by atoms with Gasteiger partial charge in [0.05, 0.1) is 13.2 Å². The van der Waals surface area contributed by atoms with Crippen LogP contribution in [0.15, 0.2) is 42.2 Å². The number of carbonyl (C=O) groups is 1. The summed E-state index contributed by atoms with van der Waals surface area (Å²) in [5.41, 5.74) is 0.287. The maximum Gasteiger partial charge on any atom is 0.344 e. The molecule has 5 nitrogen and oxygen atoms in total. The number of aliphatic carboxylic acids is 1. The quantitative estimate of drug-likeness (QED) is 0.872. The van der Waals surface area contributed by atoms with Gasteiger partial charge in [-0.3, -0.25) is 0 Å². The minimum Gasteiger partial charge on any atom is -0.497 e. The van der Waals surface area contributed by atoms with Gasteiger partial charge in [-0.2, -0.15) is 0 Å². The maximum absolute atomic E-state index is 11.9. The van der Waals surface area contributed by atoms with E-state index in [1.54, 1.807) is 13.2 Å². The van der Waals surface area contributed by atoms with Crippen molar-refractivity contribution in [3.8, 4) is 5.75 Å². The highest BCUT2D eigenvalue weighted by molar-refractivity contribution is 5.87. The fraction of sp³-hybridized carbons (Fsp3) is 0.389. The standard InChI is InChI=1S/C18H22O5/c1-12(2)23-16-10-7-14(11-18(16,22-4)17(19)20)13-5-8-15(21-3)9-6-13/h5-10,12H,11H2,1-4H3,(H,19,20). The normalized spacial score (nSPS) is 20.7. The van der Waals surface area contributed by atoms with E-state index in [4.69, 9.17) is 14.2 Å². The van der Waals surface area contributed by atoms with Crippen molar-refractivity contribution in [2.45, 2.75) is 32.0 Å². The van der Waals surface area contributed by atoms with Gasteiger partial charge >= 0.3 is 5.97 Å². The van der Waals surface area contributed by atoms with Gasteiger partial charge in [0.1, 0.15) is 11.5 Å². The topological polar surface area (TPSA) is 65.0 Å². The highest BCUT2D eigenvalue weighted by Crippen LogP contribution is 2.38. The average molecular weight is 318 g/mol. The fourth-order valence-corrected chi connectivity index (χ4v) is 2.56. The molecule has 0 spiro atoms. The Bertz CT molecular complexity index is 627. The highest BCUT2D eigenvalue weighted by atomic mass is 16.6. The van der Waals surface area contributed by atoms with Crippen LogP contribution < -0.4 is 4.74 Å². The summed E-state index contributed by atoms with van der Waals surface area (Å²) in [5, 5.41) is 9.73. The van der Waals surface area contributed by atoms with Crippen molar-refractivity contribution in [3.63, 3.8) is 0 Å². The van der Waals surface area contributed by atoms with Crippen molar-refractivity contribution in [2.24, 2.45) is 0 Å². The molecule has 1 aromatic rings. The van der Waals surface area contributed by atoms with Crippen LogP contribution in [0.3, 0.4) is 0 Å². The number of carboxylic acids is 1. The smallest absolute Gasteiger partial charge is 0.344 e. The van der Waals surface area contributed by atoms with E-state index in [9.17, 15) is 9.90 Å². The highest BCUT2D eigenvalue weighted by Gasteiger charge is 2.47. The number of ether oxygens (including phenoxy) is 3. The number of methoxy groups -OCH3 is 2. The summed E-state index contributed by atoms with van der Waals surface area (Å²) >= 11 is 0. The van der Waals surface area contributed by atoms with Crippen molar-refractivity contribution >= 4 is 11.5 Å². The van der Waals surface area contributed by atoms with E-state index in [0.717, 1.165) is 16.9 Å². The van der Waals surface area contributed by atoms with Crippen LogP contribution in [-0.4, -0.2) is 37.0 Å². The molecule has 1 atom stereocenters. The lowest BCUT2D eigenvalue weighted by atomic mass is 9.84. The van der Waals surface area contributed by atoms with Gasteiger partial charge in [-0.15, -0.1) is 0 Å². The Kier molecular flexibility index (Phi) is 5.11. The number of rotatable bonds is 6. The first kappa shape index (κ1) is 17.1. The molecule has 1 N–H and O–H groups in total. The molecular weight excluding hydrogens is 296 g/mol. The molecule has 0 saturated carbocycles. The predicted molar refractivity (Wildman–Crippen MR) is 87.3 cm³/mol. The van der Waals surface area contributed by atoms with Crippen molar-refractivity contribution in [1.29, 1.82) is 0 Å². The molecule has 0 saturated heterocycles. The third kappa shape index (κ3) is 3.40. The first-order valence-corrected chi connectivity index (χ1v) is 7.44. The molecule has 0 aromatic heterocycles. The summed E-state index contributed by atoms with van der Waals surface area (Å²) < 4.78 is 16.2. The summed E-state index contributed by atoms with van der Waals surface area (Å²) in [6.07, 6.45) is 3.62. The van der Waals surface area contributed by atoms with Crippen LogP contribution in [0.1, 0.15) is 25.8 Å². The predicted octanol–water partition coefficient (Wildman–Crippen LogP) is 3.26. The van der Waals surface area contributed by atoms with E-state index >= 15 is 0 Å². The third-order valence-electron chi connectivity index (χ3n) is 3.79. The van der Waals surface area contributed by atoms with Gasteiger partial charge < -0.3 is 19.3 Å². The van der Waals surface area contributed by atoms with Crippen LogP contribution in [0.25, 0.3) is 5.57 Å². The lowest BCUT2D eigenvalue weighted by Gasteiger charge is -2.34. The number of allylic oxidation sites excluding steroid dienone is 2. The minimum absolute atomic E-state index is 0.133. The van der Waals surface area contributed by atoms with Crippen molar-refractivity contribution in [3.05, 3.63) is 47.7 Å². The molecule has 0 aliphatic heterocycles. The molecular formula is C18H22O5. The molecule has 5 heteroatoms. The van der Waals surface area contributed by atoms with Gasteiger partial charge in [-0.25, -0.2) is 4.79 Å². The Morgan fingerprint density at radius 2 is 1.83 bits per heavy atom. The number of hydrogen-bond donors (Lipinski definition) is 1. The van der Waals surface area contributed by atoms with E-state index in [1.807, 2.05) is 44.2 Å². The van der Waals surface area contributed by atoms with E-state index in [2.05, 4.69) is 0 Å². The molecule has 23 heavy (non-hydrogen) atoms. The van der Waals surface area contributed by atoms with Crippen LogP contribution in [0.5, 0.6) is 5.75 Å². The summed E-state index contributed by atoms with van der Waals surface area (Å²) in [6, 6.07) is 7.48. The van der Waals surface area contributed by atoms with E-state index in [1.165, 1.54) is 7.11 Å². The Balaban J connectivity index is 2.41. The second-order valence-corrected chi connectivity index (χ2v) is 5.63. The SMILES string of the molecule is COc1ccc(C2=CC=C(OC(C)C)C(OC)(C(=O)O)C2)cc1. The molecule has 124 valence electrons. The monoisotopic (exact) mass is 318 g/mol. The van der Waals surface area contributed by atoms with E-state index in [-0.39, 0.29) is 12.5 Å². The van der Waals surface area contributed by atoms with Gasteiger partial charge in [0, 0.05) is 13.5 Å². The molecule has 1 aliphatic carbocycles. The fourth-order valence-electron chi connectivity index (χ4n) is 2.56. The summed E-state index contributed by atoms with van der Waals surface area (Å²) in [5.74, 6) is 0.00606. The minimum atomic E-state index is -1.51. The molecule has 1 aliphatic rings. The van der Waals surface area contributed by atoms with E-state index < -0.39 is 11.6 Å². The van der Waals surface area contributed by atoms with Crippen molar-refractivity contribution in [1.82, 2.24) is 0 Å². The van der Waals surface area contributed by atoms with Crippen LogP contribution in [0, 0.1) is 0 Å². The Morgan fingerprint density at radius 3 is 2.30 bits per heavy atom. The van der Waals surface area contributed by atoms with Gasteiger partial charge in [0.2, 0.25) is 5.60 Å². The van der Waals surface area contributed by atoms with Crippen LogP contribution in [-0.2, 0) is 14.3 Å². The van der Waals surface area contributed by atoms with Gasteiger partial charge in [-0.1, -0.05) is 18.2 Å². The zero-order chi connectivity index (χ0) is 17.0. The second-order valence-electron chi connectivity index (χ2n) is 5.63. The Morgan fingerprint density at radius 1 is 1.17 bits per heavy atom. The zero-order valence-corrected chi connectivity index (χ0v) is 13.8. The van der Waals surface area contributed by atoms with Crippen LogP contribution in [0.4, 0.5) is 0 Å². The molecule has 2 rings (SSSR count). The summed E-state index contributed by atoms with van der Waals surface area (Å²) in [7, 11) is 3.00. The molecule has 0 fully saturated rings. The van der Waals surface area contributed by atoms with E-state index in [0.29, 0.717) is 5.76 Å². The number of hydrogen-bond acceptors (Lipinski definition) is 4. The van der Waals surface area contributed by atoms with Crippen LogP contribution in [0.2, 0.25) is 0 Å². The van der Waals surface area contributed by atoms with Gasteiger partial charge in [-0.05, 0) is 43.2 Å². The number of carboxylic acid groups (broad SMARTS) is 1. The first-order chi connectivity index (χ1) is 10.9. The van der Waals surface area contributed by atoms with Gasteiger partial charge in [0.25, 0.3) is 0 Å². The van der Waals surface area contributed by atoms with Crippen molar-refractivity contribution in [2.75, 3.05) is 14.2 Å². The number of benzene rings is 1. The maximum atomic E-state index is 11.9.